The lowest BCUT2D eigenvalue weighted by Gasteiger charge is -2.14. The van der Waals surface area contributed by atoms with Crippen LogP contribution in [0.2, 0.25) is 0 Å². The molecular formula is C12H17FN2. The molecule has 1 N–H and O–H groups in total. The molecule has 0 saturated carbocycles. The van der Waals surface area contributed by atoms with Gasteiger partial charge in [0.1, 0.15) is 6.17 Å². The molecule has 2 rings (SSSR count). The zero-order valence-corrected chi connectivity index (χ0v) is 8.99. The molecule has 1 aromatic rings. The number of hydrogen-bond acceptors (Lipinski definition) is 2. The second-order valence-electron chi connectivity index (χ2n) is 4.09. The summed E-state index contributed by atoms with van der Waals surface area (Å²) >= 11 is 0. The van der Waals surface area contributed by atoms with E-state index in [1.807, 2.05) is 25.2 Å². The molecule has 1 saturated heterocycles. The highest BCUT2D eigenvalue weighted by molar-refractivity contribution is 5.14. The second kappa shape index (κ2) is 4.73. The fraction of sp³-hybridized carbons (Fsp3) is 0.500. The highest BCUT2D eigenvalue weighted by Gasteiger charge is 2.31. The summed E-state index contributed by atoms with van der Waals surface area (Å²) in [7, 11) is 1.82. The molecule has 0 amide bonds. The van der Waals surface area contributed by atoms with Crippen LogP contribution in [0.3, 0.4) is 0 Å². The van der Waals surface area contributed by atoms with Crippen LogP contribution in [0.1, 0.15) is 5.56 Å². The summed E-state index contributed by atoms with van der Waals surface area (Å²) in [5, 5.41) is 3.01. The zero-order valence-electron chi connectivity index (χ0n) is 8.99. The summed E-state index contributed by atoms with van der Waals surface area (Å²) in [5.41, 5.74) is 1.25. The molecule has 1 fully saturated rings. The molecule has 1 heterocycles. The Morgan fingerprint density at radius 1 is 1.33 bits per heavy atom. The Kier molecular flexibility index (Phi) is 3.34. The molecule has 0 aromatic heterocycles. The Hall–Kier alpha value is -0.930. The van der Waals surface area contributed by atoms with Crippen molar-refractivity contribution in [3.05, 3.63) is 35.9 Å². The summed E-state index contributed by atoms with van der Waals surface area (Å²) in [6, 6.07) is 10.2. The molecule has 82 valence electrons. The molecule has 1 aliphatic heterocycles. The van der Waals surface area contributed by atoms with Gasteiger partial charge < -0.3 is 5.32 Å². The number of likely N-dealkylation sites (tertiary alicyclic amines) is 1. The fourth-order valence-electron chi connectivity index (χ4n) is 2.08. The van der Waals surface area contributed by atoms with Gasteiger partial charge in [0.25, 0.3) is 0 Å². The number of nitrogens with zero attached hydrogens (tertiary/aromatic N) is 1. The largest absolute Gasteiger partial charge is 0.313 e. The molecule has 3 heteroatoms. The van der Waals surface area contributed by atoms with Crippen molar-refractivity contribution in [3.63, 3.8) is 0 Å². The van der Waals surface area contributed by atoms with Gasteiger partial charge in [-0.15, -0.1) is 0 Å². The summed E-state index contributed by atoms with van der Waals surface area (Å²) in [6.07, 6.45) is -0.737. The van der Waals surface area contributed by atoms with Crippen LogP contribution in [0.4, 0.5) is 4.39 Å². The first-order valence-corrected chi connectivity index (χ1v) is 5.37. The minimum absolute atomic E-state index is 0.00582. The van der Waals surface area contributed by atoms with Crippen LogP contribution in [0.5, 0.6) is 0 Å². The van der Waals surface area contributed by atoms with Crippen molar-refractivity contribution in [2.45, 2.75) is 18.8 Å². The molecule has 0 bridgehead atoms. The minimum Gasteiger partial charge on any atom is -0.313 e. The van der Waals surface area contributed by atoms with Crippen molar-refractivity contribution in [3.8, 4) is 0 Å². The van der Waals surface area contributed by atoms with E-state index in [2.05, 4.69) is 22.3 Å². The number of likely N-dealkylation sites (N-methyl/N-ethyl adjacent to an activating group) is 1. The molecular weight excluding hydrogens is 191 g/mol. The van der Waals surface area contributed by atoms with Gasteiger partial charge in [-0.25, -0.2) is 4.39 Å². The lowest BCUT2D eigenvalue weighted by Crippen LogP contribution is -2.34. The predicted octanol–water partition coefficient (Wildman–Crippen LogP) is 1.43. The van der Waals surface area contributed by atoms with E-state index >= 15 is 0 Å². The maximum absolute atomic E-state index is 13.4. The second-order valence-corrected chi connectivity index (χ2v) is 4.09. The van der Waals surface area contributed by atoms with Gasteiger partial charge in [-0.3, -0.25) is 4.90 Å². The Morgan fingerprint density at radius 2 is 2.07 bits per heavy atom. The smallest absolute Gasteiger partial charge is 0.129 e. The Labute approximate surface area is 90.1 Å². The number of alkyl halides is 1. The molecule has 1 aliphatic rings. The standard InChI is InChI=1S/C12H17FN2/c1-14-12-9-15(8-11(12)13)7-10-5-3-2-4-6-10/h2-6,11-12,14H,7-9H2,1H3. The highest BCUT2D eigenvalue weighted by Crippen LogP contribution is 2.16. The van der Waals surface area contributed by atoms with Crippen LogP contribution in [0, 0.1) is 0 Å². The Bertz CT molecular complexity index is 302. The van der Waals surface area contributed by atoms with Crippen LogP contribution in [-0.2, 0) is 6.54 Å². The van der Waals surface area contributed by atoms with Gasteiger partial charge in [-0.1, -0.05) is 30.3 Å². The van der Waals surface area contributed by atoms with Crippen LogP contribution >= 0.6 is 0 Å². The topological polar surface area (TPSA) is 15.3 Å². The van der Waals surface area contributed by atoms with Crippen LogP contribution in [-0.4, -0.2) is 37.3 Å². The minimum atomic E-state index is -0.737. The summed E-state index contributed by atoms with van der Waals surface area (Å²) in [6.45, 7) is 2.19. The molecule has 0 radical (unpaired) electrons. The van der Waals surface area contributed by atoms with Crippen LogP contribution in [0.15, 0.2) is 30.3 Å². The summed E-state index contributed by atoms with van der Waals surface area (Å²) < 4.78 is 13.4. The maximum atomic E-state index is 13.4. The zero-order chi connectivity index (χ0) is 10.7. The van der Waals surface area contributed by atoms with E-state index in [0.29, 0.717) is 6.54 Å². The third-order valence-electron chi connectivity index (χ3n) is 2.94. The lowest BCUT2D eigenvalue weighted by atomic mass is 10.2. The Balaban J connectivity index is 1.92. The van der Waals surface area contributed by atoms with E-state index < -0.39 is 6.17 Å². The van der Waals surface area contributed by atoms with E-state index in [0.717, 1.165) is 13.1 Å². The van der Waals surface area contributed by atoms with E-state index in [-0.39, 0.29) is 6.04 Å². The van der Waals surface area contributed by atoms with E-state index in [1.54, 1.807) is 0 Å². The Morgan fingerprint density at radius 3 is 2.67 bits per heavy atom. The van der Waals surface area contributed by atoms with Crippen molar-refractivity contribution < 1.29 is 4.39 Å². The summed E-state index contributed by atoms with van der Waals surface area (Å²) in [5.74, 6) is 0. The number of nitrogens with one attached hydrogen (secondary N) is 1. The first-order chi connectivity index (χ1) is 7.29. The monoisotopic (exact) mass is 208 g/mol. The van der Waals surface area contributed by atoms with E-state index in [1.165, 1.54) is 5.56 Å². The molecule has 0 aliphatic carbocycles. The normalized spacial score (nSPS) is 27.1. The first kappa shape index (κ1) is 10.6. The van der Waals surface area contributed by atoms with Crippen LogP contribution in [0.25, 0.3) is 0 Å². The summed E-state index contributed by atoms with van der Waals surface area (Å²) in [4.78, 5) is 2.15. The molecule has 1 aromatic carbocycles. The number of rotatable bonds is 3. The molecule has 2 nitrogen and oxygen atoms in total. The van der Waals surface area contributed by atoms with Gasteiger partial charge >= 0.3 is 0 Å². The number of benzene rings is 1. The van der Waals surface area contributed by atoms with Gasteiger partial charge in [0.05, 0.1) is 6.04 Å². The predicted molar refractivity (Wildman–Crippen MR) is 59.5 cm³/mol. The molecule has 0 spiro atoms. The van der Waals surface area contributed by atoms with Gasteiger partial charge in [-0.2, -0.15) is 0 Å². The van der Waals surface area contributed by atoms with Crippen molar-refractivity contribution in [2.75, 3.05) is 20.1 Å². The third kappa shape index (κ3) is 2.55. The average molecular weight is 208 g/mol. The lowest BCUT2D eigenvalue weighted by molar-refractivity contribution is 0.276. The van der Waals surface area contributed by atoms with Gasteiger partial charge in [0.2, 0.25) is 0 Å². The van der Waals surface area contributed by atoms with Crippen molar-refractivity contribution in [2.24, 2.45) is 0 Å². The number of halogens is 1. The van der Waals surface area contributed by atoms with E-state index in [9.17, 15) is 4.39 Å². The van der Waals surface area contributed by atoms with Crippen molar-refractivity contribution in [1.82, 2.24) is 10.2 Å². The number of hydrogen-bond donors (Lipinski definition) is 1. The third-order valence-corrected chi connectivity index (χ3v) is 2.94. The maximum Gasteiger partial charge on any atom is 0.129 e. The SMILES string of the molecule is CNC1CN(Cc2ccccc2)CC1F. The first-order valence-electron chi connectivity index (χ1n) is 5.37. The highest BCUT2D eigenvalue weighted by atomic mass is 19.1. The van der Waals surface area contributed by atoms with Crippen molar-refractivity contribution in [1.29, 1.82) is 0 Å². The van der Waals surface area contributed by atoms with Crippen molar-refractivity contribution >= 4 is 0 Å². The van der Waals surface area contributed by atoms with Gasteiger partial charge in [0.15, 0.2) is 0 Å². The van der Waals surface area contributed by atoms with Crippen LogP contribution < -0.4 is 5.32 Å². The average Bonchev–Trinajstić information content (AvgIpc) is 2.60. The van der Waals surface area contributed by atoms with Gasteiger partial charge in [0, 0.05) is 19.6 Å². The molecule has 15 heavy (non-hydrogen) atoms. The fourth-order valence-corrected chi connectivity index (χ4v) is 2.08. The molecule has 2 unspecified atom stereocenters. The molecule has 2 atom stereocenters. The van der Waals surface area contributed by atoms with E-state index in [4.69, 9.17) is 0 Å². The quantitative estimate of drug-likeness (QED) is 0.808. The van der Waals surface area contributed by atoms with Gasteiger partial charge in [-0.05, 0) is 12.6 Å².